The summed E-state index contributed by atoms with van der Waals surface area (Å²) in [7, 11) is 0. The van der Waals surface area contributed by atoms with Gasteiger partial charge in [-0.3, -0.25) is 4.79 Å². The van der Waals surface area contributed by atoms with Crippen molar-refractivity contribution in [1.82, 2.24) is 24.8 Å². The first-order chi connectivity index (χ1) is 17.2. The lowest BCUT2D eigenvalue weighted by molar-refractivity contribution is -0.137. The van der Waals surface area contributed by atoms with Crippen LogP contribution in [0.15, 0.2) is 30.6 Å². The zero-order valence-corrected chi connectivity index (χ0v) is 19.3. The molecule has 2 saturated heterocycles. The standard InChI is InChI=1S/C24H25F3N6O3/c25-24(26,27)18-12-29-22(30-15-4-3-9-33(13-15)23(35)36)31-20(18)17-11-28-19-10-14(5-6-16(17)19)21(34)32-7-1-2-8-32/h5-6,10-12,15,28H,1-4,7-9,13H2,(H,35,36)(H,29,30,31)/t15-/m0/s1. The fourth-order valence-corrected chi connectivity index (χ4v) is 4.87. The molecular formula is C24H25F3N6O3. The number of likely N-dealkylation sites (tertiary alicyclic amines) is 2. The highest BCUT2D eigenvalue weighted by atomic mass is 19.4. The van der Waals surface area contributed by atoms with E-state index in [1.54, 1.807) is 23.1 Å². The minimum absolute atomic E-state index is 0.00887. The Kier molecular flexibility index (Phi) is 6.19. The van der Waals surface area contributed by atoms with Crippen LogP contribution in [0.25, 0.3) is 22.2 Å². The number of fused-ring (bicyclic) bond motifs is 1. The van der Waals surface area contributed by atoms with Gasteiger partial charge in [-0.2, -0.15) is 13.2 Å². The van der Waals surface area contributed by atoms with Crippen LogP contribution in [0.3, 0.4) is 0 Å². The van der Waals surface area contributed by atoms with E-state index in [2.05, 4.69) is 20.3 Å². The van der Waals surface area contributed by atoms with Crippen LogP contribution < -0.4 is 5.32 Å². The van der Waals surface area contributed by atoms with Crippen molar-refractivity contribution in [2.24, 2.45) is 0 Å². The molecule has 3 N–H and O–H groups in total. The summed E-state index contributed by atoms with van der Waals surface area (Å²) < 4.78 is 41.6. The molecule has 0 aliphatic carbocycles. The van der Waals surface area contributed by atoms with Crippen molar-refractivity contribution in [3.05, 3.63) is 41.7 Å². The smallest absolute Gasteiger partial charge is 0.419 e. The molecule has 2 aliphatic rings. The van der Waals surface area contributed by atoms with Crippen molar-refractivity contribution in [3.8, 4) is 11.3 Å². The van der Waals surface area contributed by atoms with Crippen LogP contribution in [0.1, 0.15) is 41.6 Å². The molecule has 3 aromatic rings. The number of carboxylic acid groups (broad SMARTS) is 1. The molecule has 2 amide bonds. The first-order valence-electron chi connectivity index (χ1n) is 11.8. The summed E-state index contributed by atoms with van der Waals surface area (Å²) >= 11 is 0. The van der Waals surface area contributed by atoms with Crippen molar-refractivity contribution in [2.45, 2.75) is 37.9 Å². The molecule has 0 bridgehead atoms. The fourth-order valence-electron chi connectivity index (χ4n) is 4.87. The second-order valence-corrected chi connectivity index (χ2v) is 9.13. The summed E-state index contributed by atoms with van der Waals surface area (Å²) in [6.07, 6.45) is -0.357. The van der Waals surface area contributed by atoms with Crippen molar-refractivity contribution < 1.29 is 27.9 Å². The summed E-state index contributed by atoms with van der Waals surface area (Å²) in [4.78, 5) is 38.1. The summed E-state index contributed by atoms with van der Waals surface area (Å²) in [6, 6.07) is 4.58. The van der Waals surface area contributed by atoms with E-state index in [0.717, 1.165) is 19.0 Å². The van der Waals surface area contributed by atoms with Crippen LogP contribution >= 0.6 is 0 Å². The number of amides is 2. The number of hydrogen-bond donors (Lipinski definition) is 3. The van der Waals surface area contributed by atoms with E-state index in [9.17, 15) is 27.9 Å². The number of piperidine rings is 1. The number of aromatic amines is 1. The quantitative estimate of drug-likeness (QED) is 0.486. The van der Waals surface area contributed by atoms with Crippen LogP contribution in [0.4, 0.5) is 23.9 Å². The van der Waals surface area contributed by atoms with Gasteiger partial charge in [0.25, 0.3) is 5.91 Å². The van der Waals surface area contributed by atoms with Gasteiger partial charge >= 0.3 is 12.3 Å². The highest BCUT2D eigenvalue weighted by Gasteiger charge is 2.36. The van der Waals surface area contributed by atoms with Crippen molar-refractivity contribution in [2.75, 3.05) is 31.5 Å². The van der Waals surface area contributed by atoms with E-state index in [1.165, 1.54) is 11.1 Å². The third-order valence-electron chi connectivity index (χ3n) is 6.70. The highest BCUT2D eigenvalue weighted by Crippen LogP contribution is 2.39. The molecule has 2 aromatic heterocycles. The Labute approximate surface area is 204 Å². The number of nitrogens with one attached hydrogen (secondary N) is 2. The van der Waals surface area contributed by atoms with Crippen LogP contribution in [0.2, 0.25) is 0 Å². The monoisotopic (exact) mass is 502 g/mol. The Morgan fingerprint density at radius 2 is 1.86 bits per heavy atom. The Morgan fingerprint density at radius 1 is 1.11 bits per heavy atom. The van der Waals surface area contributed by atoms with E-state index in [4.69, 9.17) is 0 Å². The average molecular weight is 502 g/mol. The Morgan fingerprint density at radius 3 is 2.58 bits per heavy atom. The summed E-state index contributed by atoms with van der Waals surface area (Å²) in [6.45, 7) is 1.99. The van der Waals surface area contributed by atoms with Gasteiger partial charge in [-0.05, 0) is 37.8 Å². The second-order valence-electron chi connectivity index (χ2n) is 9.13. The highest BCUT2D eigenvalue weighted by molar-refractivity contribution is 6.02. The molecule has 0 unspecified atom stereocenters. The molecule has 1 aromatic carbocycles. The lowest BCUT2D eigenvalue weighted by Gasteiger charge is -2.31. The molecule has 1 atom stereocenters. The number of alkyl halides is 3. The number of carbonyl (C=O) groups excluding carboxylic acids is 1. The van der Waals surface area contributed by atoms with Gasteiger partial charge in [0.05, 0.1) is 5.69 Å². The van der Waals surface area contributed by atoms with E-state index < -0.39 is 17.8 Å². The molecule has 190 valence electrons. The normalized spacial score (nSPS) is 18.6. The zero-order valence-electron chi connectivity index (χ0n) is 19.3. The minimum Gasteiger partial charge on any atom is -0.465 e. The van der Waals surface area contributed by atoms with Gasteiger partial charge in [0.1, 0.15) is 5.56 Å². The lowest BCUT2D eigenvalue weighted by Crippen LogP contribution is -2.44. The Bertz CT molecular complexity index is 1300. The van der Waals surface area contributed by atoms with Gasteiger partial charge < -0.3 is 25.2 Å². The Hall–Kier alpha value is -3.83. The summed E-state index contributed by atoms with van der Waals surface area (Å²) in [5, 5.41) is 12.7. The minimum atomic E-state index is -4.69. The molecule has 36 heavy (non-hydrogen) atoms. The maximum Gasteiger partial charge on any atom is 0.419 e. The van der Waals surface area contributed by atoms with Gasteiger partial charge in [0.2, 0.25) is 5.95 Å². The number of hydrogen-bond acceptors (Lipinski definition) is 5. The predicted molar refractivity (Wildman–Crippen MR) is 126 cm³/mol. The lowest BCUT2D eigenvalue weighted by atomic mass is 10.0. The first kappa shape index (κ1) is 23.9. The van der Waals surface area contributed by atoms with Crippen LogP contribution in [0.5, 0.6) is 0 Å². The van der Waals surface area contributed by atoms with Gasteiger partial charge in [0, 0.05) is 66.6 Å². The van der Waals surface area contributed by atoms with E-state index >= 15 is 0 Å². The van der Waals surface area contributed by atoms with Gasteiger partial charge in [0.15, 0.2) is 0 Å². The van der Waals surface area contributed by atoms with E-state index in [0.29, 0.717) is 48.9 Å². The average Bonchev–Trinajstić information content (AvgIpc) is 3.53. The second kappa shape index (κ2) is 9.32. The molecule has 0 spiro atoms. The largest absolute Gasteiger partial charge is 0.465 e. The number of carbonyl (C=O) groups is 2. The van der Waals surface area contributed by atoms with Crippen LogP contribution in [-0.4, -0.2) is 74.1 Å². The number of H-pyrrole nitrogens is 1. The molecule has 2 fully saturated rings. The molecule has 0 saturated carbocycles. The molecule has 2 aliphatic heterocycles. The van der Waals surface area contributed by atoms with Gasteiger partial charge in [-0.25, -0.2) is 14.8 Å². The van der Waals surface area contributed by atoms with E-state index in [-0.39, 0.29) is 35.7 Å². The third-order valence-corrected chi connectivity index (χ3v) is 6.70. The number of benzene rings is 1. The van der Waals surface area contributed by atoms with Gasteiger partial charge in [-0.1, -0.05) is 6.07 Å². The van der Waals surface area contributed by atoms with Crippen LogP contribution in [0, 0.1) is 0 Å². The van der Waals surface area contributed by atoms with Gasteiger partial charge in [-0.15, -0.1) is 0 Å². The maximum atomic E-state index is 13.9. The van der Waals surface area contributed by atoms with Crippen molar-refractivity contribution in [3.63, 3.8) is 0 Å². The molecule has 5 rings (SSSR count). The first-order valence-corrected chi connectivity index (χ1v) is 11.8. The number of aromatic nitrogens is 3. The summed E-state index contributed by atoms with van der Waals surface area (Å²) in [5.74, 6) is -0.108. The topological polar surface area (TPSA) is 114 Å². The van der Waals surface area contributed by atoms with E-state index in [1.807, 2.05) is 0 Å². The fraction of sp³-hybridized carbons (Fsp3) is 0.417. The Balaban J connectivity index is 1.48. The third kappa shape index (κ3) is 4.67. The SMILES string of the molecule is O=C(O)N1CCC[C@H](Nc2ncc(C(F)(F)F)c(-c3c[nH]c4cc(C(=O)N5CCCC5)ccc34)n2)C1. The molecule has 4 heterocycles. The molecule has 12 heteroatoms. The molecule has 9 nitrogen and oxygen atoms in total. The number of rotatable bonds is 4. The number of nitrogens with zero attached hydrogens (tertiary/aromatic N) is 4. The number of halogens is 3. The number of anilines is 1. The predicted octanol–water partition coefficient (Wildman–Crippen LogP) is 4.43. The van der Waals surface area contributed by atoms with Crippen molar-refractivity contribution in [1.29, 1.82) is 0 Å². The van der Waals surface area contributed by atoms with Crippen LogP contribution in [-0.2, 0) is 6.18 Å². The maximum absolute atomic E-state index is 13.9. The molecular weight excluding hydrogens is 477 g/mol. The zero-order chi connectivity index (χ0) is 25.4. The van der Waals surface area contributed by atoms with Crippen molar-refractivity contribution >= 4 is 28.9 Å². The molecule has 0 radical (unpaired) electrons. The summed E-state index contributed by atoms with van der Waals surface area (Å²) in [5.41, 5.74) is -0.0451.